The molecule has 0 saturated carbocycles. The first-order valence-electron chi connectivity index (χ1n) is 9.63. The quantitative estimate of drug-likeness (QED) is 0.422. The lowest BCUT2D eigenvalue weighted by atomic mass is 9.96. The van der Waals surface area contributed by atoms with Crippen LogP contribution in [0.15, 0.2) is 71.1 Å². The number of hydrogen-bond acceptors (Lipinski definition) is 4. The van der Waals surface area contributed by atoms with E-state index < -0.39 is 0 Å². The molecular formula is C23H19N3O2S2. The molecule has 0 bridgehead atoms. The zero-order valence-corrected chi connectivity index (χ0v) is 17.6. The fraction of sp³-hybridized carbons (Fsp3) is 0.130. The van der Waals surface area contributed by atoms with Gasteiger partial charge in [-0.25, -0.2) is 0 Å². The van der Waals surface area contributed by atoms with Crippen molar-refractivity contribution in [3.05, 3.63) is 82.2 Å². The summed E-state index contributed by atoms with van der Waals surface area (Å²) in [5.74, 6) is 0.273. The molecule has 4 aromatic rings. The first kappa shape index (κ1) is 19.0. The van der Waals surface area contributed by atoms with Crippen molar-refractivity contribution in [2.24, 2.45) is 0 Å². The van der Waals surface area contributed by atoms with Crippen LogP contribution in [0.1, 0.15) is 26.7 Å². The minimum absolute atomic E-state index is 0.0397. The van der Waals surface area contributed by atoms with E-state index >= 15 is 0 Å². The Morgan fingerprint density at radius 1 is 1.13 bits per heavy atom. The largest absolute Gasteiger partial charge is 0.361 e. The van der Waals surface area contributed by atoms with Crippen LogP contribution in [0.2, 0.25) is 0 Å². The number of benzene rings is 2. The number of thiophene rings is 1. The van der Waals surface area contributed by atoms with Crippen LogP contribution in [0.25, 0.3) is 10.9 Å². The highest BCUT2D eigenvalue weighted by Crippen LogP contribution is 2.34. The van der Waals surface area contributed by atoms with Gasteiger partial charge in [0.1, 0.15) is 0 Å². The molecule has 1 aliphatic heterocycles. The molecule has 30 heavy (non-hydrogen) atoms. The molecule has 2 aromatic heterocycles. The van der Waals surface area contributed by atoms with Gasteiger partial charge in [-0.2, -0.15) is 0 Å². The van der Waals surface area contributed by atoms with E-state index in [-0.39, 0.29) is 17.7 Å². The van der Waals surface area contributed by atoms with Crippen LogP contribution >= 0.6 is 23.1 Å². The van der Waals surface area contributed by atoms with E-state index in [2.05, 4.69) is 39.2 Å². The van der Waals surface area contributed by atoms with Gasteiger partial charge < -0.3 is 15.6 Å². The molecule has 1 unspecified atom stereocenters. The lowest BCUT2D eigenvalue weighted by molar-refractivity contribution is -0.113. The third-order valence-electron chi connectivity index (χ3n) is 5.22. The Balaban J connectivity index is 1.39. The van der Waals surface area contributed by atoms with E-state index in [0.717, 1.165) is 10.4 Å². The van der Waals surface area contributed by atoms with Crippen molar-refractivity contribution in [1.29, 1.82) is 0 Å². The van der Waals surface area contributed by atoms with E-state index in [1.807, 2.05) is 36.5 Å². The van der Waals surface area contributed by atoms with Crippen molar-refractivity contribution in [3.8, 4) is 0 Å². The first-order valence-corrected chi connectivity index (χ1v) is 11.5. The molecule has 0 aliphatic carbocycles. The van der Waals surface area contributed by atoms with Crippen molar-refractivity contribution >= 4 is 51.5 Å². The number of H-pyrrole nitrogens is 1. The Kier molecular flexibility index (Phi) is 5.06. The number of aromatic nitrogens is 1. The minimum atomic E-state index is -0.149. The number of carbonyl (C=O) groups is 2. The Labute approximate surface area is 181 Å². The third kappa shape index (κ3) is 3.62. The van der Waals surface area contributed by atoms with Gasteiger partial charge in [-0.15, -0.1) is 23.1 Å². The zero-order valence-electron chi connectivity index (χ0n) is 16.0. The van der Waals surface area contributed by atoms with Crippen LogP contribution in [0.5, 0.6) is 0 Å². The topological polar surface area (TPSA) is 74.0 Å². The van der Waals surface area contributed by atoms with Gasteiger partial charge in [0.2, 0.25) is 5.91 Å². The third-order valence-corrected chi connectivity index (χ3v) is 7.28. The standard InChI is InChI=1S/C23H19N3O2S2/c27-22-13-30-21-8-7-14(10-19(21)26-22)23(28)25-12-17(20-6-3-9-29-20)16-11-24-18-5-2-1-4-15(16)18/h1-11,17,24H,12-13H2,(H,25,28)(H,26,27). The fourth-order valence-corrected chi connectivity index (χ4v) is 5.39. The molecule has 0 spiro atoms. The second-order valence-electron chi connectivity index (χ2n) is 7.12. The summed E-state index contributed by atoms with van der Waals surface area (Å²) < 4.78 is 0. The van der Waals surface area contributed by atoms with Gasteiger partial charge in [-0.1, -0.05) is 24.3 Å². The monoisotopic (exact) mass is 433 g/mol. The summed E-state index contributed by atoms with van der Waals surface area (Å²) >= 11 is 3.18. The van der Waals surface area contributed by atoms with E-state index in [1.165, 1.54) is 27.6 Å². The average molecular weight is 434 g/mol. The van der Waals surface area contributed by atoms with Gasteiger partial charge >= 0.3 is 0 Å². The number of fused-ring (bicyclic) bond motifs is 2. The summed E-state index contributed by atoms with van der Waals surface area (Å²) in [5, 5.41) is 9.16. The molecule has 0 radical (unpaired) electrons. The van der Waals surface area contributed by atoms with Crippen molar-refractivity contribution in [2.45, 2.75) is 10.8 Å². The van der Waals surface area contributed by atoms with Gasteiger partial charge in [0, 0.05) is 44.9 Å². The van der Waals surface area contributed by atoms with E-state index in [4.69, 9.17) is 0 Å². The summed E-state index contributed by atoms with van der Waals surface area (Å²) in [4.78, 5) is 30.1. The summed E-state index contributed by atoms with van der Waals surface area (Å²) in [5.41, 5.74) is 3.50. The Bertz CT molecular complexity index is 1230. The molecule has 1 atom stereocenters. The maximum atomic E-state index is 12.9. The van der Waals surface area contributed by atoms with Crippen molar-refractivity contribution < 1.29 is 9.59 Å². The minimum Gasteiger partial charge on any atom is -0.361 e. The number of thioether (sulfide) groups is 1. The number of hydrogen-bond donors (Lipinski definition) is 3. The number of nitrogens with one attached hydrogen (secondary N) is 3. The molecule has 2 amide bonds. The van der Waals surface area contributed by atoms with E-state index in [0.29, 0.717) is 23.5 Å². The Morgan fingerprint density at radius 2 is 2.03 bits per heavy atom. The number of para-hydroxylation sites is 1. The predicted molar refractivity (Wildman–Crippen MR) is 123 cm³/mol. The molecule has 5 rings (SSSR count). The summed E-state index contributed by atoms with van der Waals surface area (Å²) in [6, 6.07) is 17.8. The number of rotatable bonds is 5. The first-order chi connectivity index (χ1) is 14.7. The molecule has 150 valence electrons. The maximum absolute atomic E-state index is 12.9. The van der Waals surface area contributed by atoms with Crippen molar-refractivity contribution in [2.75, 3.05) is 17.6 Å². The molecular weight excluding hydrogens is 414 g/mol. The maximum Gasteiger partial charge on any atom is 0.251 e. The van der Waals surface area contributed by atoms with Gasteiger partial charge in [-0.05, 0) is 41.3 Å². The second-order valence-corrected chi connectivity index (χ2v) is 9.11. The normalized spacial score (nSPS) is 14.2. The SMILES string of the molecule is O=C1CSc2ccc(C(=O)NCC(c3cccs3)c3c[nH]c4ccccc34)cc2N1. The molecule has 3 N–H and O–H groups in total. The molecule has 7 heteroatoms. The van der Waals surface area contributed by atoms with Crippen molar-refractivity contribution in [3.63, 3.8) is 0 Å². The highest BCUT2D eigenvalue weighted by atomic mass is 32.2. The summed E-state index contributed by atoms with van der Waals surface area (Å²) in [6.45, 7) is 0.486. The van der Waals surface area contributed by atoms with Crippen LogP contribution in [-0.4, -0.2) is 29.1 Å². The van der Waals surface area contributed by atoms with Crippen LogP contribution in [0, 0.1) is 0 Å². The number of anilines is 1. The van der Waals surface area contributed by atoms with Gasteiger partial charge in [0.15, 0.2) is 0 Å². The highest BCUT2D eigenvalue weighted by Gasteiger charge is 2.21. The number of amides is 2. The van der Waals surface area contributed by atoms with Crippen LogP contribution in [0.4, 0.5) is 5.69 Å². The predicted octanol–water partition coefficient (Wildman–Crippen LogP) is 4.84. The number of aromatic amines is 1. The van der Waals surface area contributed by atoms with E-state index in [9.17, 15) is 9.59 Å². The smallest absolute Gasteiger partial charge is 0.251 e. The Morgan fingerprint density at radius 3 is 2.90 bits per heavy atom. The number of carbonyl (C=O) groups excluding carboxylic acids is 2. The molecule has 0 saturated heterocycles. The average Bonchev–Trinajstić information content (AvgIpc) is 3.44. The second kappa shape index (κ2) is 8.01. The van der Waals surface area contributed by atoms with Gasteiger partial charge in [-0.3, -0.25) is 9.59 Å². The zero-order chi connectivity index (χ0) is 20.5. The molecule has 0 fully saturated rings. The van der Waals surface area contributed by atoms with Crippen molar-refractivity contribution in [1.82, 2.24) is 10.3 Å². The molecule has 2 aromatic carbocycles. The van der Waals surface area contributed by atoms with Crippen LogP contribution in [0.3, 0.4) is 0 Å². The molecule has 5 nitrogen and oxygen atoms in total. The van der Waals surface area contributed by atoms with E-state index in [1.54, 1.807) is 17.4 Å². The lowest BCUT2D eigenvalue weighted by Crippen LogP contribution is -2.29. The fourth-order valence-electron chi connectivity index (χ4n) is 3.76. The highest BCUT2D eigenvalue weighted by molar-refractivity contribution is 8.00. The van der Waals surface area contributed by atoms with Gasteiger partial charge in [0.25, 0.3) is 5.91 Å². The van der Waals surface area contributed by atoms with Crippen LogP contribution in [-0.2, 0) is 4.79 Å². The summed E-state index contributed by atoms with van der Waals surface area (Å²) in [6.07, 6.45) is 2.03. The molecule has 1 aliphatic rings. The summed E-state index contributed by atoms with van der Waals surface area (Å²) in [7, 11) is 0. The Hall–Kier alpha value is -3.03. The lowest BCUT2D eigenvalue weighted by Gasteiger charge is -2.18. The van der Waals surface area contributed by atoms with Crippen LogP contribution < -0.4 is 10.6 Å². The molecule has 3 heterocycles. The van der Waals surface area contributed by atoms with Gasteiger partial charge in [0.05, 0.1) is 11.4 Å².